The summed E-state index contributed by atoms with van der Waals surface area (Å²) in [6.07, 6.45) is 1.63. The molecule has 138 valence electrons. The SMILES string of the molecule is Cc1ccc(-c2cnc(-c3ccccc3C(=O)Nc3ccccc3F)o2)cc1. The predicted octanol–water partition coefficient (Wildman–Crippen LogP) is 5.71. The van der Waals surface area contributed by atoms with Gasteiger partial charge in [0, 0.05) is 11.1 Å². The van der Waals surface area contributed by atoms with Gasteiger partial charge in [-0.05, 0) is 31.2 Å². The van der Waals surface area contributed by atoms with Crippen molar-refractivity contribution in [2.75, 3.05) is 5.32 Å². The zero-order valence-electron chi connectivity index (χ0n) is 15.1. The number of benzene rings is 3. The van der Waals surface area contributed by atoms with Crippen molar-refractivity contribution in [1.82, 2.24) is 4.98 Å². The van der Waals surface area contributed by atoms with Crippen LogP contribution in [0.5, 0.6) is 0 Å². The minimum Gasteiger partial charge on any atom is -0.436 e. The zero-order valence-corrected chi connectivity index (χ0v) is 15.1. The maximum absolute atomic E-state index is 13.9. The number of nitrogens with zero attached hydrogens (tertiary/aromatic N) is 1. The van der Waals surface area contributed by atoms with Crippen molar-refractivity contribution >= 4 is 11.6 Å². The summed E-state index contributed by atoms with van der Waals surface area (Å²) < 4.78 is 19.8. The van der Waals surface area contributed by atoms with Crippen molar-refractivity contribution in [2.45, 2.75) is 6.92 Å². The van der Waals surface area contributed by atoms with Crippen molar-refractivity contribution in [2.24, 2.45) is 0 Å². The van der Waals surface area contributed by atoms with Gasteiger partial charge in [0.05, 0.1) is 17.4 Å². The molecule has 1 N–H and O–H groups in total. The number of halogens is 1. The molecule has 3 aromatic carbocycles. The van der Waals surface area contributed by atoms with Crippen LogP contribution in [-0.4, -0.2) is 10.9 Å². The van der Waals surface area contributed by atoms with E-state index in [1.165, 1.54) is 12.1 Å². The van der Waals surface area contributed by atoms with E-state index >= 15 is 0 Å². The maximum atomic E-state index is 13.9. The first-order valence-electron chi connectivity index (χ1n) is 8.80. The molecule has 4 nitrogen and oxygen atoms in total. The van der Waals surface area contributed by atoms with Crippen LogP contribution in [-0.2, 0) is 0 Å². The quantitative estimate of drug-likeness (QED) is 0.499. The highest BCUT2D eigenvalue weighted by molar-refractivity contribution is 6.08. The van der Waals surface area contributed by atoms with Crippen LogP contribution < -0.4 is 5.32 Å². The van der Waals surface area contributed by atoms with Crippen molar-refractivity contribution in [3.05, 3.63) is 95.9 Å². The monoisotopic (exact) mass is 372 g/mol. The third-order valence-corrected chi connectivity index (χ3v) is 4.37. The highest BCUT2D eigenvalue weighted by Crippen LogP contribution is 2.29. The summed E-state index contributed by atoms with van der Waals surface area (Å²) in [5, 5.41) is 2.60. The fraction of sp³-hybridized carbons (Fsp3) is 0.0435. The second-order valence-corrected chi connectivity index (χ2v) is 6.38. The Morgan fingerprint density at radius 3 is 2.46 bits per heavy atom. The van der Waals surface area contributed by atoms with Crippen LogP contribution in [0.1, 0.15) is 15.9 Å². The third kappa shape index (κ3) is 3.55. The largest absolute Gasteiger partial charge is 0.436 e. The van der Waals surface area contributed by atoms with E-state index in [2.05, 4.69) is 10.3 Å². The van der Waals surface area contributed by atoms with E-state index in [1.54, 1.807) is 42.6 Å². The summed E-state index contributed by atoms with van der Waals surface area (Å²) in [7, 11) is 0. The van der Waals surface area contributed by atoms with E-state index < -0.39 is 11.7 Å². The molecule has 0 spiro atoms. The standard InChI is InChI=1S/C23H17FN2O2/c1-15-10-12-16(13-11-15)21-14-25-23(28-21)18-7-3-2-6-17(18)22(27)26-20-9-5-4-8-19(20)24/h2-14H,1H3,(H,26,27). The second-order valence-electron chi connectivity index (χ2n) is 6.38. The molecule has 0 atom stereocenters. The summed E-state index contributed by atoms with van der Waals surface area (Å²) in [4.78, 5) is 17.1. The van der Waals surface area contributed by atoms with E-state index in [0.29, 0.717) is 22.8 Å². The fourth-order valence-electron chi connectivity index (χ4n) is 2.87. The summed E-state index contributed by atoms with van der Waals surface area (Å²) >= 11 is 0. The number of oxazole rings is 1. The summed E-state index contributed by atoms with van der Waals surface area (Å²) in [5.74, 6) is 0.0103. The van der Waals surface area contributed by atoms with Crippen LogP contribution in [0.2, 0.25) is 0 Å². The van der Waals surface area contributed by atoms with E-state index in [4.69, 9.17) is 4.42 Å². The van der Waals surface area contributed by atoms with Crippen molar-refractivity contribution in [3.63, 3.8) is 0 Å². The molecule has 0 saturated heterocycles. The van der Waals surface area contributed by atoms with Gasteiger partial charge in [0.15, 0.2) is 5.76 Å². The lowest BCUT2D eigenvalue weighted by molar-refractivity contribution is 0.102. The van der Waals surface area contributed by atoms with Gasteiger partial charge in [-0.25, -0.2) is 9.37 Å². The summed E-state index contributed by atoms with van der Waals surface area (Å²) in [6.45, 7) is 2.01. The Morgan fingerprint density at radius 2 is 1.68 bits per heavy atom. The van der Waals surface area contributed by atoms with E-state index in [1.807, 2.05) is 31.2 Å². The second kappa shape index (κ2) is 7.48. The Labute approximate surface area is 161 Å². The Kier molecular flexibility index (Phi) is 4.72. The molecule has 1 amide bonds. The molecule has 0 fully saturated rings. The molecule has 0 saturated carbocycles. The van der Waals surface area contributed by atoms with Crippen LogP contribution in [0.3, 0.4) is 0 Å². The van der Waals surface area contributed by atoms with E-state index in [0.717, 1.165) is 11.1 Å². The molecule has 4 rings (SSSR count). The number of aromatic nitrogens is 1. The van der Waals surface area contributed by atoms with E-state index in [-0.39, 0.29) is 5.69 Å². The Bertz CT molecular complexity index is 1130. The average molecular weight is 372 g/mol. The van der Waals surface area contributed by atoms with Gasteiger partial charge in [-0.2, -0.15) is 0 Å². The molecular weight excluding hydrogens is 355 g/mol. The molecule has 0 aliphatic heterocycles. The van der Waals surface area contributed by atoms with Crippen molar-refractivity contribution in [3.8, 4) is 22.8 Å². The van der Waals surface area contributed by atoms with Crippen LogP contribution in [0, 0.1) is 12.7 Å². The smallest absolute Gasteiger partial charge is 0.256 e. The predicted molar refractivity (Wildman–Crippen MR) is 106 cm³/mol. The summed E-state index contributed by atoms with van der Waals surface area (Å²) in [5.41, 5.74) is 3.06. The number of carbonyl (C=O) groups is 1. The first-order valence-corrected chi connectivity index (χ1v) is 8.80. The van der Waals surface area contributed by atoms with Crippen LogP contribution in [0.25, 0.3) is 22.8 Å². The van der Waals surface area contributed by atoms with Gasteiger partial charge in [0.1, 0.15) is 5.82 Å². The van der Waals surface area contributed by atoms with E-state index in [9.17, 15) is 9.18 Å². The Hall–Kier alpha value is -3.73. The lowest BCUT2D eigenvalue weighted by atomic mass is 10.1. The molecule has 0 aliphatic carbocycles. The van der Waals surface area contributed by atoms with Crippen molar-refractivity contribution in [1.29, 1.82) is 0 Å². The van der Waals surface area contributed by atoms with Gasteiger partial charge in [-0.1, -0.05) is 54.1 Å². The van der Waals surface area contributed by atoms with Gasteiger partial charge >= 0.3 is 0 Å². The molecule has 0 radical (unpaired) electrons. The molecule has 1 aromatic heterocycles. The minimum absolute atomic E-state index is 0.120. The highest BCUT2D eigenvalue weighted by Gasteiger charge is 2.18. The number of nitrogens with one attached hydrogen (secondary N) is 1. The molecule has 0 bridgehead atoms. The number of rotatable bonds is 4. The number of hydrogen-bond donors (Lipinski definition) is 1. The first kappa shape index (κ1) is 17.7. The molecule has 4 aromatic rings. The fourth-order valence-corrected chi connectivity index (χ4v) is 2.87. The number of anilines is 1. The zero-order chi connectivity index (χ0) is 19.5. The Morgan fingerprint density at radius 1 is 0.964 bits per heavy atom. The van der Waals surface area contributed by atoms with Gasteiger partial charge < -0.3 is 9.73 Å². The number of hydrogen-bond acceptors (Lipinski definition) is 3. The molecule has 0 unspecified atom stereocenters. The number of amides is 1. The van der Waals surface area contributed by atoms with Gasteiger partial charge in [0.25, 0.3) is 5.91 Å². The highest BCUT2D eigenvalue weighted by atomic mass is 19.1. The van der Waals surface area contributed by atoms with Crippen LogP contribution >= 0.6 is 0 Å². The average Bonchev–Trinajstić information content (AvgIpc) is 3.20. The molecule has 1 heterocycles. The lowest BCUT2D eigenvalue weighted by Gasteiger charge is -2.09. The number of para-hydroxylation sites is 1. The minimum atomic E-state index is -0.494. The topological polar surface area (TPSA) is 55.1 Å². The summed E-state index contributed by atoms with van der Waals surface area (Å²) in [6, 6.07) is 20.9. The Balaban J connectivity index is 1.66. The number of aryl methyl sites for hydroxylation is 1. The lowest BCUT2D eigenvalue weighted by Crippen LogP contribution is -2.14. The third-order valence-electron chi connectivity index (χ3n) is 4.37. The van der Waals surface area contributed by atoms with Gasteiger partial charge in [0.2, 0.25) is 5.89 Å². The van der Waals surface area contributed by atoms with Crippen LogP contribution in [0.4, 0.5) is 10.1 Å². The van der Waals surface area contributed by atoms with Gasteiger partial charge in [-0.15, -0.1) is 0 Å². The molecular formula is C23H17FN2O2. The molecule has 5 heteroatoms. The first-order chi connectivity index (χ1) is 13.6. The maximum Gasteiger partial charge on any atom is 0.256 e. The van der Waals surface area contributed by atoms with Crippen molar-refractivity contribution < 1.29 is 13.6 Å². The number of carbonyl (C=O) groups excluding carboxylic acids is 1. The van der Waals surface area contributed by atoms with Crippen LogP contribution in [0.15, 0.2) is 83.4 Å². The molecule has 0 aliphatic rings. The molecule has 28 heavy (non-hydrogen) atoms. The normalized spacial score (nSPS) is 10.6. The van der Waals surface area contributed by atoms with Gasteiger partial charge in [-0.3, -0.25) is 4.79 Å².